The summed E-state index contributed by atoms with van der Waals surface area (Å²) in [6, 6.07) is 11.0. The van der Waals surface area contributed by atoms with Crippen molar-refractivity contribution in [3.8, 4) is 5.75 Å². The highest BCUT2D eigenvalue weighted by atomic mass is 35.5. The zero-order chi connectivity index (χ0) is 23.5. The number of aliphatic hydroxyl groups excluding tert-OH is 1. The van der Waals surface area contributed by atoms with Crippen LogP contribution in [0.2, 0.25) is 5.02 Å². The number of aromatic hydroxyl groups is 1. The number of phenolic OH excluding ortho intramolecular Hbond substituents is 1. The number of carbonyl (C=O) groups excluding carboxylic acids is 2. The molecule has 8 heteroatoms. The molecule has 2 saturated heterocycles. The van der Waals surface area contributed by atoms with Crippen LogP contribution in [0, 0.1) is 6.92 Å². The van der Waals surface area contributed by atoms with Crippen LogP contribution in [0.4, 0.5) is 0 Å². The van der Waals surface area contributed by atoms with Crippen LogP contribution in [-0.4, -0.2) is 71.1 Å². The molecule has 2 aromatic rings. The van der Waals surface area contributed by atoms with Crippen LogP contribution in [-0.2, 0) is 14.3 Å². The molecule has 2 heterocycles. The number of amides is 1. The fraction of sp³-hybridized carbons (Fsp3) is 0.360. The molecule has 0 bridgehead atoms. The van der Waals surface area contributed by atoms with Crippen molar-refractivity contribution >= 4 is 29.1 Å². The maximum atomic E-state index is 13.1. The molecule has 0 radical (unpaired) electrons. The molecule has 0 aromatic heterocycles. The Bertz CT molecular complexity index is 1080. The second-order valence-corrected chi connectivity index (χ2v) is 8.81. The molecule has 2 aliphatic heterocycles. The Labute approximate surface area is 197 Å². The van der Waals surface area contributed by atoms with Gasteiger partial charge in [-0.3, -0.25) is 14.5 Å². The Morgan fingerprint density at radius 1 is 1.09 bits per heavy atom. The number of hydrogen-bond donors (Lipinski definition) is 2. The van der Waals surface area contributed by atoms with Gasteiger partial charge in [0.05, 0.1) is 30.4 Å². The highest BCUT2D eigenvalue weighted by molar-refractivity contribution is 6.46. The summed E-state index contributed by atoms with van der Waals surface area (Å²) in [5.74, 6) is -2.10. The smallest absolute Gasteiger partial charge is 0.295 e. The van der Waals surface area contributed by atoms with E-state index in [1.54, 1.807) is 0 Å². The first kappa shape index (κ1) is 23.3. The van der Waals surface area contributed by atoms with E-state index in [0.29, 0.717) is 36.8 Å². The molecule has 2 N–H and O–H groups in total. The number of rotatable bonds is 6. The largest absolute Gasteiger partial charge is 0.507 e. The molecule has 33 heavy (non-hydrogen) atoms. The molecule has 2 aliphatic rings. The van der Waals surface area contributed by atoms with Crippen LogP contribution in [0.5, 0.6) is 5.75 Å². The van der Waals surface area contributed by atoms with Crippen molar-refractivity contribution in [2.24, 2.45) is 0 Å². The predicted octanol–water partition coefficient (Wildman–Crippen LogP) is 3.50. The molecule has 0 unspecified atom stereocenters. The van der Waals surface area contributed by atoms with Crippen molar-refractivity contribution in [3.63, 3.8) is 0 Å². The number of likely N-dealkylation sites (tertiary alicyclic amines) is 1. The summed E-state index contributed by atoms with van der Waals surface area (Å²) >= 11 is 6.05. The summed E-state index contributed by atoms with van der Waals surface area (Å²) < 4.78 is 5.38. The van der Waals surface area contributed by atoms with Gasteiger partial charge in [-0.1, -0.05) is 41.4 Å². The lowest BCUT2D eigenvalue weighted by Crippen LogP contribution is -2.38. The fourth-order valence-corrected chi connectivity index (χ4v) is 4.51. The molecule has 2 fully saturated rings. The van der Waals surface area contributed by atoms with Gasteiger partial charge in [-0.2, -0.15) is 0 Å². The SMILES string of the molecule is Cc1ccc([C@H]2C(=C(O)c3cc(Cl)ccc3O)C(=O)C(=O)N2CCCN2CCOCC2)cc1. The Balaban J connectivity index is 1.70. The Kier molecular flexibility index (Phi) is 7.02. The molecule has 0 spiro atoms. The maximum Gasteiger partial charge on any atom is 0.295 e. The van der Waals surface area contributed by atoms with E-state index in [-0.39, 0.29) is 16.9 Å². The Morgan fingerprint density at radius 3 is 2.48 bits per heavy atom. The standard InChI is InChI=1S/C25H27ClN2O5/c1-16-3-5-17(6-4-16)22-21(23(30)19-15-18(26)7-8-20(19)29)24(31)25(32)28(22)10-2-9-27-11-13-33-14-12-27/h3-8,15,22,29-30H,2,9-14H2,1H3/t22-/m0/s1. The molecular formula is C25H27ClN2O5. The van der Waals surface area contributed by atoms with Crippen molar-refractivity contribution in [2.45, 2.75) is 19.4 Å². The minimum Gasteiger partial charge on any atom is -0.507 e. The molecule has 7 nitrogen and oxygen atoms in total. The van der Waals surface area contributed by atoms with E-state index in [4.69, 9.17) is 16.3 Å². The van der Waals surface area contributed by atoms with Gasteiger partial charge in [-0.05, 0) is 37.1 Å². The molecular weight excluding hydrogens is 444 g/mol. The number of benzene rings is 2. The second-order valence-electron chi connectivity index (χ2n) is 8.37. The van der Waals surface area contributed by atoms with Crippen molar-refractivity contribution in [1.82, 2.24) is 9.80 Å². The van der Waals surface area contributed by atoms with Gasteiger partial charge in [-0.15, -0.1) is 0 Å². The number of nitrogens with zero attached hydrogens (tertiary/aromatic N) is 2. The van der Waals surface area contributed by atoms with E-state index in [2.05, 4.69) is 4.90 Å². The average Bonchev–Trinajstić information content (AvgIpc) is 3.06. The van der Waals surface area contributed by atoms with E-state index >= 15 is 0 Å². The van der Waals surface area contributed by atoms with E-state index < -0.39 is 23.5 Å². The van der Waals surface area contributed by atoms with Crippen LogP contribution in [0.15, 0.2) is 48.0 Å². The number of aliphatic hydroxyl groups is 1. The van der Waals surface area contributed by atoms with Gasteiger partial charge in [0.2, 0.25) is 0 Å². The molecule has 1 atom stereocenters. The topological polar surface area (TPSA) is 90.3 Å². The van der Waals surface area contributed by atoms with Gasteiger partial charge in [0.1, 0.15) is 11.5 Å². The van der Waals surface area contributed by atoms with Crippen molar-refractivity contribution < 1.29 is 24.5 Å². The van der Waals surface area contributed by atoms with Gasteiger partial charge in [0, 0.05) is 31.2 Å². The first-order valence-electron chi connectivity index (χ1n) is 11.0. The third kappa shape index (κ3) is 4.90. The summed E-state index contributed by atoms with van der Waals surface area (Å²) in [7, 11) is 0. The molecule has 2 aromatic carbocycles. The molecule has 0 aliphatic carbocycles. The number of halogens is 1. The third-order valence-electron chi connectivity index (χ3n) is 6.12. The number of ether oxygens (including phenoxy) is 1. The average molecular weight is 471 g/mol. The van der Waals surface area contributed by atoms with E-state index in [1.807, 2.05) is 31.2 Å². The minimum atomic E-state index is -0.774. The van der Waals surface area contributed by atoms with Gasteiger partial charge in [0.25, 0.3) is 11.7 Å². The number of aryl methyl sites for hydroxylation is 1. The number of hydrogen-bond acceptors (Lipinski definition) is 6. The van der Waals surface area contributed by atoms with Crippen molar-refractivity contribution in [1.29, 1.82) is 0 Å². The number of phenols is 1. The van der Waals surface area contributed by atoms with Crippen molar-refractivity contribution in [3.05, 3.63) is 69.8 Å². The molecule has 174 valence electrons. The summed E-state index contributed by atoms with van der Waals surface area (Å²) in [4.78, 5) is 29.9. The number of morpholine rings is 1. The molecule has 4 rings (SSSR count). The summed E-state index contributed by atoms with van der Waals surface area (Å²) in [6.45, 7) is 6.16. The van der Waals surface area contributed by atoms with Crippen LogP contribution >= 0.6 is 11.6 Å². The zero-order valence-electron chi connectivity index (χ0n) is 18.5. The molecule has 0 saturated carbocycles. The van der Waals surface area contributed by atoms with Gasteiger partial charge >= 0.3 is 0 Å². The number of Topliss-reactive ketones (excluding diaryl/α,β-unsaturated/α-hetero) is 1. The number of ketones is 1. The van der Waals surface area contributed by atoms with E-state index in [0.717, 1.165) is 25.2 Å². The maximum absolute atomic E-state index is 13.1. The minimum absolute atomic E-state index is 0.0194. The highest BCUT2D eigenvalue weighted by Crippen LogP contribution is 2.41. The lowest BCUT2D eigenvalue weighted by molar-refractivity contribution is -0.140. The third-order valence-corrected chi connectivity index (χ3v) is 6.36. The quantitative estimate of drug-likeness (QED) is 0.381. The predicted molar refractivity (Wildman–Crippen MR) is 125 cm³/mol. The first-order chi connectivity index (χ1) is 15.9. The summed E-state index contributed by atoms with van der Waals surface area (Å²) in [6.07, 6.45) is 0.678. The van der Waals surface area contributed by atoms with Crippen LogP contribution in [0.3, 0.4) is 0 Å². The van der Waals surface area contributed by atoms with Crippen LogP contribution < -0.4 is 0 Å². The Morgan fingerprint density at radius 2 is 1.79 bits per heavy atom. The number of carbonyl (C=O) groups is 2. The van der Waals surface area contributed by atoms with Crippen LogP contribution in [0.1, 0.15) is 29.2 Å². The second kappa shape index (κ2) is 9.95. The highest BCUT2D eigenvalue weighted by Gasteiger charge is 2.46. The summed E-state index contributed by atoms with van der Waals surface area (Å²) in [5.41, 5.74) is 1.73. The Hall–Kier alpha value is -2.87. The molecule has 1 amide bonds. The fourth-order valence-electron chi connectivity index (χ4n) is 4.34. The van der Waals surface area contributed by atoms with Crippen molar-refractivity contribution in [2.75, 3.05) is 39.4 Å². The van der Waals surface area contributed by atoms with E-state index in [9.17, 15) is 19.8 Å². The lowest BCUT2D eigenvalue weighted by Gasteiger charge is -2.29. The monoisotopic (exact) mass is 470 g/mol. The van der Waals surface area contributed by atoms with Gasteiger partial charge in [-0.25, -0.2) is 0 Å². The first-order valence-corrected chi connectivity index (χ1v) is 11.4. The van der Waals surface area contributed by atoms with Gasteiger partial charge < -0.3 is 19.8 Å². The zero-order valence-corrected chi connectivity index (χ0v) is 19.2. The van der Waals surface area contributed by atoms with Crippen LogP contribution in [0.25, 0.3) is 5.76 Å². The van der Waals surface area contributed by atoms with Gasteiger partial charge in [0.15, 0.2) is 0 Å². The normalized spacial score (nSPS) is 21.0. The lowest BCUT2D eigenvalue weighted by atomic mass is 9.94. The summed E-state index contributed by atoms with van der Waals surface area (Å²) in [5, 5.41) is 21.7. The van der Waals surface area contributed by atoms with E-state index in [1.165, 1.54) is 23.1 Å².